The number of aromatic nitrogens is 1. The summed E-state index contributed by atoms with van der Waals surface area (Å²) in [7, 11) is -3.58. The summed E-state index contributed by atoms with van der Waals surface area (Å²) in [6, 6.07) is 8.46. The lowest BCUT2D eigenvalue weighted by molar-refractivity contribution is -0.142. The molecule has 0 atom stereocenters. The van der Waals surface area contributed by atoms with E-state index in [0.717, 1.165) is 24.4 Å². The van der Waals surface area contributed by atoms with E-state index in [2.05, 4.69) is 28.1 Å². The van der Waals surface area contributed by atoms with Gasteiger partial charge in [0.15, 0.2) is 6.61 Å². The zero-order chi connectivity index (χ0) is 24.2. The van der Waals surface area contributed by atoms with Crippen molar-refractivity contribution in [3.8, 4) is 0 Å². The number of hydrogen-bond acceptors (Lipinski definition) is 6. The first kappa shape index (κ1) is 24.7. The zero-order valence-electron chi connectivity index (χ0n) is 19.6. The van der Waals surface area contributed by atoms with E-state index in [4.69, 9.17) is 4.74 Å². The average Bonchev–Trinajstić information content (AvgIpc) is 3.20. The van der Waals surface area contributed by atoms with Crippen molar-refractivity contribution >= 4 is 27.6 Å². The van der Waals surface area contributed by atoms with Crippen LogP contribution < -0.4 is 4.72 Å². The Morgan fingerprint density at radius 1 is 1.18 bits per heavy atom. The number of amidine groups is 1. The van der Waals surface area contributed by atoms with Gasteiger partial charge in [0.25, 0.3) is 10.0 Å². The number of benzene rings is 1. The molecule has 0 saturated carbocycles. The largest absolute Gasteiger partial charge is 0.457 e. The summed E-state index contributed by atoms with van der Waals surface area (Å²) in [5, 5.41) is 0. The second-order valence-electron chi connectivity index (χ2n) is 8.64. The highest BCUT2D eigenvalue weighted by atomic mass is 32.2. The maximum absolute atomic E-state index is 12.6. The number of carbonyl (C=O) groups is 2. The number of ether oxygens (including phenoxy) is 1. The van der Waals surface area contributed by atoms with E-state index in [9.17, 15) is 18.0 Å². The molecule has 1 aromatic carbocycles. The molecular formula is C24H31N3O5S. The third kappa shape index (κ3) is 5.90. The van der Waals surface area contributed by atoms with E-state index in [1.54, 1.807) is 18.2 Å². The molecule has 0 fully saturated rings. The molecule has 1 N–H and O–H groups in total. The van der Waals surface area contributed by atoms with Crippen LogP contribution in [0.15, 0.2) is 40.2 Å². The molecule has 0 saturated heterocycles. The van der Waals surface area contributed by atoms with Crippen molar-refractivity contribution in [3.63, 3.8) is 0 Å². The third-order valence-electron chi connectivity index (χ3n) is 5.64. The summed E-state index contributed by atoms with van der Waals surface area (Å²) in [6.07, 6.45) is 1.49. The molecule has 33 heavy (non-hydrogen) atoms. The fourth-order valence-electron chi connectivity index (χ4n) is 3.78. The van der Waals surface area contributed by atoms with Gasteiger partial charge in [0.05, 0.1) is 4.90 Å². The van der Waals surface area contributed by atoms with Crippen LogP contribution in [0.3, 0.4) is 0 Å². The average molecular weight is 474 g/mol. The molecule has 8 nitrogen and oxygen atoms in total. The molecule has 0 unspecified atom stereocenters. The highest BCUT2D eigenvalue weighted by Crippen LogP contribution is 2.22. The second kappa shape index (κ2) is 10.3. The van der Waals surface area contributed by atoms with Crippen molar-refractivity contribution < 1.29 is 22.7 Å². The minimum atomic E-state index is -3.58. The maximum Gasteiger partial charge on any atom is 0.306 e. The van der Waals surface area contributed by atoms with E-state index in [-0.39, 0.29) is 36.1 Å². The van der Waals surface area contributed by atoms with Gasteiger partial charge in [-0.2, -0.15) is 0 Å². The van der Waals surface area contributed by atoms with Crippen LogP contribution in [-0.2, 0) is 26.1 Å². The Bertz CT molecular complexity index is 1180. The van der Waals surface area contributed by atoms with Gasteiger partial charge in [-0.25, -0.2) is 8.42 Å². The Kier molecular flexibility index (Phi) is 7.73. The van der Waals surface area contributed by atoms with Gasteiger partial charge in [-0.1, -0.05) is 26.0 Å². The minimum Gasteiger partial charge on any atom is -0.457 e. The first-order chi connectivity index (χ1) is 15.6. The van der Waals surface area contributed by atoms with E-state index in [1.807, 2.05) is 19.9 Å². The highest BCUT2D eigenvalue weighted by molar-refractivity contribution is 7.90. The van der Waals surface area contributed by atoms with E-state index in [0.29, 0.717) is 23.5 Å². The highest BCUT2D eigenvalue weighted by Gasteiger charge is 2.29. The van der Waals surface area contributed by atoms with Gasteiger partial charge in [0.2, 0.25) is 5.78 Å². The van der Waals surface area contributed by atoms with Crippen molar-refractivity contribution in [2.24, 2.45) is 10.9 Å². The van der Waals surface area contributed by atoms with E-state index < -0.39 is 16.0 Å². The Morgan fingerprint density at radius 2 is 1.91 bits per heavy atom. The molecule has 9 heteroatoms. The summed E-state index contributed by atoms with van der Waals surface area (Å²) in [4.78, 5) is 29.1. The molecule has 1 aromatic heterocycles. The van der Waals surface area contributed by atoms with Crippen LogP contribution in [-0.4, -0.2) is 43.7 Å². The molecule has 2 heterocycles. The Labute approximate surface area is 195 Å². The van der Waals surface area contributed by atoms with Crippen LogP contribution in [0.25, 0.3) is 0 Å². The lowest BCUT2D eigenvalue weighted by Crippen LogP contribution is -2.22. The van der Waals surface area contributed by atoms with Crippen LogP contribution in [0, 0.1) is 19.8 Å². The molecule has 3 rings (SSSR count). The molecule has 0 bridgehead atoms. The fourth-order valence-corrected chi connectivity index (χ4v) is 5.03. The first-order valence-electron chi connectivity index (χ1n) is 11.1. The summed E-state index contributed by atoms with van der Waals surface area (Å²) < 4.78 is 33.9. The lowest BCUT2D eigenvalue weighted by Gasteiger charge is -2.11. The number of nitrogens with one attached hydrogen (secondary N) is 1. The summed E-state index contributed by atoms with van der Waals surface area (Å²) in [5.41, 5.74) is 3.02. The third-order valence-corrected chi connectivity index (χ3v) is 7.04. The second-order valence-corrected chi connectivity index (χ2v) is 10.3. The number of ketones is 1. The number of fused-ring (bicyclic) bond motifs is 1. The van der Waals surface area contributed by atoms with Gasteiger partial charge in [-0.15, -0.1) is 0 Å². The van der Waals surface area contributed by atoms with Crippen molar-refractivity contribution in [2.75, 3.05) is 13.2 Å². The molecule has 1 aliphatic heterocycles. The minimum absolute atomic E-state index is 0.0892. The van der Waals surface area contributed by atoms with Gasteiger partial charge >= 0.3 is 5.97 Å². The lowest BCUT2D eigenvalue weighted by atomic mass is 10.1. The SMILES string of the molecule is Cc1cc(C(=O)COC(=O)CCCN=C2NS(=O)(=O)c3ccccc32)c(C)n1CCC(C)C. The molecule has 0 radical (unpaired) electrons. The number of Topliss-reactive ketones (excluding diaryl/α,β-unsaturated/α-hetero) is 1. The number of carbonyl (C=O) groups excluding carboxylic acids is 2. The van der Waals surface area contributed by atoms with Crippen molar-refractivity contribution in [1.82, 2.24) is 9.29 Å². The zero-order valence-corrected chi connectivity index (χ0v) is 20.4. The number of aliphatic imine (C=N–C) groups is 1. The summed E-state index contributed by atoms with van der Waals surface area (Å²) in [6.45, 7) is 9.03. The number of esters is 1. The van der Waals surface area contributed by atoms with Gasteiger partial charge in [-0.05, 0) is 50.8 Å². The van der Waals surface area contributed by atoms with E-state index >= 15 is 0 Å². The topological polar surface area (TPSA) is 107 Å². The monoisotopic (exact) mass is 473 g/mol. The van der Waals surface area contributed by atoms with Crippen LogP contribution >= 0.6 is 0 Å². The number of aryl methyl sites for hydroxylation is 1. The standard InChI is InChI=1S/C24H31N3O5S/c1-16(2)11-13-27-17(3)14-20(18(27)4)21(28)15-32-23(29)10-7-12-25-24-19-8-5-6-9-22(19)33(30,31)26-24/h5-6,8-9,14,16H,7,10-13,15H2,1-4H3,(H,25,26). The maximum atomic E-state index is 12.6. The number of nitrogens with zero attached hydrogens (tertiary/aromatic N) is 2. The molecule has 0 amide bonds. The van der Waals surface area contributed by atoms with Gasteiger partial charge in [0, 0.05) is 42.0 Å². The quantitative estimate of drug-likeness (QED) is 0.323. The predicted molar refractivity (Wildman–Crippen MR) is 126 cm³/mol. The van der Waals surface area contributed by atoms with Gasteiger partial charge in [-0.3, -0.25) is 19.3 Å². The summed E-state index contributed by atoms with van der Waals surface area (Å²) in [5.74, 6) is 0.149. The smallest absolute Gasteiger partial charge is 0.306 e. The number of sulfonamides is 1. The Balaban J connectivity index is 1.47. The molecule has 0 aliphatic carbocycles. The van der Waals surface area contributed by atoms with Crippen LogP contribution in [0.5, 0.6) is 0 Å². The molecule has 0 spiro atoms. The Hall–Kier alpha value is -2.94. The fraction of sp³-hybridized carbons (Fsp3) is 0.458. The first-order valence-corrected chi connectivity index (χ1v) is 12.6. The van der Waals surface area contributed by atoms with Crippen LogP contribution in [0.1, 0.15) is 60.4 Å². The van der Waals surface area contributed by atoms with E-state index in [1.165, 1.54) is 6.07 Å². The van der Waals surface area contributed by atoms with Crippen molar-refractivity contribution in [2.45, 2.75) is 58.4 Å². The molecule has 1 aliphatic rings. The van der Waals surface area contributed by atoms with Crippen molar-refractivity contribution in [3.05, 3.63) is 52.8 Å². The van der Waals surface area contributed by atoms with Crippen LogP contribution in [0.4, 0.5) is 0 Å². The Morgan fingerprint density at radius 3 is 2.64 bits per heavy atom. The predicted octanol–water partition coefficient (Wildman–Crippen LogP) is 3.40. The van der Waals surface area contributed by atoms with Gasteiger partial charge in [0.1, 0.15) is 5.84 Å². The van der Waals surface area contributed by atoms with Crippen LogP contribution in [0.2, 0.25) is 0 Å². The number of hydrogen-bond donors (Lipinski definition) is 1. The normalized spacial score (nSPS) is 15.5. The molecule has 2 aromatic rings. The molecular weight excluding hydrogens is 442 g/mol. The summed E-state index contributed by atoms with van der Waals surface area (Å²) >= 11 is 0. The molecule has 178 valence electrons. The van der Waals surface area contributed by atoms with Crippen molar-refractivity contribution in [1.29, 1.82) is 0 Å². The number of rotatable bonds is 10. The van der Waals surface area contributed by atoms with Gasteiger partial charge < -0.3 is 9.30 Å².